The van der Waals surface area contributed by atoms with Gasteiger partial charge in [0.1, 0.15) is 23.0 Å². The lowest BCUT2D eigenvalue weighted by Crippen LogP contribution is -2.41. The summed E-state index contributed by atoms with van der Waals surface area (Å²) in [4.78, 5) is 2.60. The molecule has 0 radical (unpaired) electrons. The van der Waals surface area contributed by atoms with E-state index in [1.54, 1.807) is 7.11 Å². The molecule has 5 heteroatoms. The first kappa shape index (κ1) is 31.7. The lowest BCUT2D eigenvalue weighted by Gasteiger charge is -2.42. The zero-order chi connectivity index (χ0) is 31.7. The van der Waals surface area contributed by atoms with Gasteiger partial charge in [0.25, 0.3) is 0 Å². The number of ether oxygens (including phenoxy) is 4. The van der Waals surface area contributed by atoms with E-state index in [2.05, 4.69) is 128 Å². The lowest BCUT2D eigenvalue weighted by molar-refractivity contribution is 0.123. The minimum Gasteiger partial charge on any atom is -0.496 e. The maximum atomic E-state index is 6.66. The van der Waals surface area contributed by atoms with E-state index in [0.29, 0.717) is 6.04 Å². The topological polar surface area (TPSA) is 40.2 Å². The average molecular weight is 596 g/mol. The van der Waals surface area contributed by atoms with E-state index in [9.17, 15) is 0 Å². The highest BCUT2D eigenvalue weighted by atomic mass is 16.5. The Kier molecular flexibility index (Phi) is 9.45. The number of methoxy groups -OCH3 is 1. The monoisotopic (exact) mass is 595 g/mol. The number of rotatable bonds is 10. The maximum absolute atomic E-state index is 6.66. The van der Waals surface area contributed by atoms with Crippen LogP contribution in [0, 0.1) is 6.92 Å². The summed E-state index contributed by atoms with van der Waals surface area (Å²) in [6, 6.07) is 22.0. The Morgan fingerprint density at radius 2 is 1.39 bits per heavy atom. The van der Waals surface area contributed by atoms with Gasteiger partial charge in [-0.15, -0.1) is 0 Å². The minimum absolute atomic E-state index is 0.00204. The van der Waals surface area contributed by atoms with E-state index < -0.39 is 0 Å². The minimum atomic E-state index is -0.00204. The van der Waals surface area contributed by atoms with Crippen LogP contribution in [0.25, 0.3) is 21.9 Å². The molecule has 0 N–H and O–H groups in total. The van der Waals surface area contributed by atoms with Crippen LogP contribution in [0.4, 0.5) is 0 Å². The predicted molar refractivity (Wildman–Crippen MR) is 182 cm³/mol. The van der Waals surface area contributed by atoms with Gasteiger partial charge in [0.05, 0.1) is 30.8 Å². The number of hydrogen-bond acceptors (Lipinski definition) is 5. The highest BCUT2D eigenvalue weighted by Crippen LogP contribution is 2.51. The number of nitrogens with zero attached hydrogens (tertiary/aromatic N) is 1. The van der Waals surface area contributed by atoms with Crippen molar-refractivity contribution in [1.29, 1.82) is 0 Å². The van der Waals surface area contributed by atoms with Gasteiger partial charge in [-0.2, -0.15) is 0 Å². The van der Waals surface area contributed by atoms with Gasteiger partial charge in [-0.3, -0.25) is 4.90 Å². The zero-order valence-electron chi connectivity index (χ0n) is 28.2. The molecular weight excluding hydrogens is 546 g/mol. The number of aryl methyl sites for hydroxylation is 1. The van der Waals surface area contributed by atoms with Crippen LogP contribution in [0.5, 0.6) is 23.0 Å². The fourth-order valence-electron chi connectivity index (χ4n) is 6.69. The third-order valence-corrected chi connectivity index (χ3v) is 8.35. The van der Waals surface area contributed by atoms with Crippen molar-refractivity contribution in [2.75, 3.05) is 7.11 Å². The summed E-state index contributed by atoms with van der Waals surface area (Å²) in [7, 11) is 1.73. The Hall–Kier alpha value is -3.70. The van der Waals surface area contributed by atoms with Crippen molar-refractivity contribution in [2.45, 2.75) is 106 Å². The van der Waals surface area contributed by atoms with Gasteiger partial charge in [0.2, 0.25) is 0 Å². The van der Waals surface area contributed by atoms with Crippen molar-refractivity contribution in [1.82, 2.24) is 4.90 Å². The second-order valence-electron chi connectivity index (χ2n) is 13.0. The van der Waals surface area contributed by atoms with E-state index in [4.69, 9.17) is 18.9 Å². The second-order valence-corrected chi connectivity index (χ2v) is 13.0. The standard InChI is InChI=1S/C39H49NO4/c1-23(2)42-33-17-16-30(31-18-26(7)19-34(41-10)39(31)33)38-32-20-27(8)40(22-29-14-12-11-13-15-29)28(9)37(32)35(43-24(3)4)21-36(38)44-25(5)6/h11-19,21,23-25,27-28H,20,22H2,1-10H3/t27-,28-/m1/s1. The third kappa shape index (κ3) is 6.39. The Morgan fingerprint density at radius 1 is 0.750 bits per heavy atom. The molecule has 0 saturated carbocycles. The molecule has 0 saturated heterocycles. The molecule has 5 rings (SSSR count). The van der Waals surface area contributed by atoms with Crippen molar-refractivity contribution in [3.8, 4) is 34.1 Å². The van der Waals surface area contributed by atoms with Gasteiger partial charge in [-0.25, -0.2) is 0 Å². The van der Waals surface area contributed by atoms with Gasteiger partial charge in [0, 0.05) is 35.8 Å². The van der Waals surface area contributed by atoms with Gasteiger partial charge >= 0.3 is 0 Å². The molecule has 0 bridgehead atoms. The van der Waals surface area contributed by atoms with Gasteiger partial charge < -0.3 is 18.9 Å². The molecule has 0 aliphatic carbocycles. The van der Waals surface area contributed by atoms with Gasteiger partial charge in [0.15, 0.2) is 0 Å². The first-order chi connectivity index (χ1) is 21.0. The van der Waals surface area contributed by atoms with E-state index in [-0.39, 0.29) is 24.4 Å². The normalized spacial score (nSPS) is 16.9. The SMILES string of the molecule is COc1cc(C)cc2c(-c3c(OC(C)C)cc(OC(C)C)c4c3C[C@@H](C)N(Cc3ccccc3)[C@@H]4C)ccc(OC(C)C)c12. The van der Waals surface area contributed by atoms with Crippen LogP contribution in [0.2, 0.25) is 0 Å². The molecule has 0 spiro atoms. The quantitative estimate of drug-likeness (QED) is 0.183. The van der Waals surface area contributed by atoms with Crippen LogP contribution in [0.1, 0.15) is 83.7 Å². The Labute approximate surface area is 264 Å². The van der Waals surface area contributed by atoms with Crippen LogP contribution in [0.3, 0.4) is 0 Å². The average Bonchev–Trinajstić information content (AvgIpc) is 2.95. The van der Waals surface area contributed by atoms with Crippen molar-refractivity contribution >= 4 is 10.8 Å². The van der Waals surface area contributed by atoms with E-state index >= 15 is 0 Å². The Bertz CT molecular complexity index is 1610. The van der Waals surface area contributed by atoms with Crippen molar-refractivity contribution < 1.29 is 18.9 Å². The third-order valence-electron chi connectivity index (χ3n) is 8.35. The molecule has 4 aromatic carbocycles. The molecule has 234 valence electrons. The second kappa shape index (κ2) is 13.1. The summed E-state index contributed by atoms with van der Waals surface area (Å²) in [6.07, 6.45) is 0.941. The summed E-state index contributed by atoms with van der Waals surface area (Å²) in [5.41, 5.74) is 7.24. The van der Waals surface area contributed by atoms with E-state index in [1.165, 1.54) is 16.7 Å². The molecule has 0 unspecified atom stereocenters. The predicted octanol–water partition coefficient (Wildman–Crippen LogP) is 9.69. The van der Waals surface area contributed by atoms with E-state index in [0.717, 1.165) is 63.4 Å². The largest absolute Gasteiger partial charge is 0.496 e. The summed E-state index contributed by atoms with van der Waals surface area (Å²) < 4.78 is 25.5. The molecule has 2 atom stereocenters. The molecule has 1 aliphatic heterocycles. The molecule has 0 aromatic heterocycles. The molecule has 5 nitrogen and oxygen atoms in total. The summed E-state index contributed by atoms with van der Waals surface area (Å²) in [5.74, 6) is 3.40. The summed E-state index contributed by atoms with van der Waals surface area (Å²) in [5, 5.41) is 2.08. The Morgan fingerprint density at radius 3 is 2.02 bits per heavy atom. The van der Waals surface area contributed by atoms with Crippen LogP contribution in [-0.4, -0.2) is 36.4 Å². The Balaban J connectivity index is 1.82. The lowest BCUT2D eigenvalue weighted by atomic mass is 9.81. The smallest absolute Gasteiger partial charge is 0.131 e. The van der Waals surface area contributed by atoms with Gasteiger partial charge in [-0.05, 0) is 115 Å². The van der Waals surface area contributed by atoms with Crippen LogP contribution < -0.4 is 18.9 Å². The molecule has 44 heavy (non-hydrogen) atoms. The van der Waals surface area contributed by atoms with Gasteiger partial charge in [-0.1, -0.05) is 36.4 Å². The summed E-state index contributed by atoms with van der Waals surface area (Å²) >= 11 is 0. The summed E-state index contributed by atoms with van der Waals surface area (Å²) in [6.45, 7) is 20.1. The molecule has 1 aliphatic rings. The van der Waals surface area contributed by atoms with Crippen LogP contribution >= 0.6 is 0 Å². The highest BCUT2D eigenvalue weighted by Gasteiger charge is 2.36. The number of fused-ring (bicyclic) bond motifs is 2. The molecule has 1 heterocycles. The number of hydrogen-bond donors (Lipinski definition) is 0. The van der Waals surface area contributed by atoms with Crippen molar-refractivity contribution in [2.24, 2.45) is 0 Å². The van der Waals surface area contributed by atoms with Crippen molar-refractivity contribution in [3.63, 3.8) is 0 Å². The first-order valence-corrected chi connectivity index (χ1v) is 16.1. The molecule has 0 fully saturated rings. The van der Waals surface area contributed by atoms with Crippen LogP contribution in [-0.2, 0) is 13.0 Å². The fourth-order valence-corrected chi connectivity index (χ4v) is 6.69. The highest BCUT2D eigenvalue weighted by molar-refractivity contribution is 6.05. The van der Waals surface area contributed by atoms with Crippen LogP contribution in [0.15, 0.2) is 60.7 Å². The van der Waals surface area contributed by atoms with Crippen molar-refractivity contribution in [3.05, 3.63) is 82.9 Å². The molecule has 4 aromatic rings. The first-order valence-electron chi connectivity index (χ1n) is 16.1. The molecular formula is C39H49NO4. The molecule has 0 amide bonds. The zero-order valence-corrected chi connectivity index (χ0v) is 28.2. The maximum Gasteiger partial charge on any atom is 0.131 e. The number of benzene rings is 4. The van der Waals surface area contributed by atoms with E-state index in [1.807, 2.05) is 0 Å². The fraction of sp³-hybridized carbons (Fsp3) is 0.436.